The Morgan fingerprint density at radius 3 is 2.76 bits per heavy atom. The van der Waals surface area contributed by atoms with E-state index >= 15 is 0 Å². The van der Waals surface area contributed by atoms with Crippen LogP contribution in [0.5, 0.6) is 0 Å². The van der Waals surface area contributed by atoms with Gasteiger partial charge in [0.2, 0.25) is 0 Å². The lowest BCUT2D eigenvalue weighted by atomic mass is 10.1. The normalized spacial score (nSPS) is 11.0. The van der Waals surface area contributed by atoms with Crippen LogP contribution in [0.1, 0.15) is 16.2 Å². The number of Topliss-reactive ketones (excluding diaryl/α,β-unsaturated/α-hetero) is 1. The molecule has 3 nitrogen and oxygen atoms in total. The Morgan fingerprint density at radius 1 is 1.29 bits per heavy atom. The number of benzene rings is 2. The Hall–Kier alpha value is -2.01. The smallest absolute Gasteiger partial charge is 0.173 e. The molecule has 0 aliphatic heterocycles. The fourth-order valence-corrected chi connectivity index (χ4v) is 2.64. The van der Waals surface area contributed by atoms with Crippen LogP contribution < -0.4 is 0 Å². The summed E-state index contributed by atoms with van der Waals surface area (Å²) >= 11 is 3.18. The van der Waals surface area contributed by atoms with Crippen LogP contribution in [0.4, 0.5) is 4.39 Å². The Balaban J connectivity index is 1.94. The van der Waals surface area contributed by atoms with E-state index in [9.17, 15) is 9.18 Å². The quantitative estimate of drug-likeness (QED) is 0.674. The van der Waals surface area contributed by atoms with Gasteiger partial charge in [0.15, 0.2) is 5.78 Å². The average molecular weight is 347 g/mol. The van der Waals surface area contributed by atoms with Gasteiger partial charge in [0, 0.05) is 11.5 Å². The molecule has 0 fully saturated rings. The molecule has 106 valence electrons. The van der Waals surface area contributed by atoms with Gasteiger partial charge in [-0.05, 0) is 30.3 Å². The molecule has 0 spiro atoms. The number of imidazole rings is 1. The molecule has 0 atom stereocenters. The number of carbonyl (C=O) groups is 1. The summed E-state index contributed by atoms with van der Waals surface area (Å²) in [6, 6.07) is 12.1. The van der Waals surface area contributed by atoms with Crippen LogP contribution in [-0.2, 0) is 13.5 Å². The summed E-state index contributed by atoms with van der Waals surface area (Å²) in [5.74, 6) is -0.171. The maximum Gasteiger partial charge on any atom is 0.173 e. The first-order valence-electron chi connectivity index (χ1n) is 6.45. The number of aromatic nitrogens is 2. The van der Waals surface area contributed by atoms with Gasteiger partial charge in [-0.2, -0.15) is 0 Å². The number of aryl methyl sites for hydroxylation is 1. The number of ketones is 1. The summed E-state index contributed by atoms with van der Waals surface area (Å²) in [7, 11) is 1.86. The zero-order valence-corrected chi connectivity index (χ0v) is 12.9. The maximum absolute atomic E-state index is 13.8. The molecule has 0 amide bonds. The first kappa shape index (κ1) is 13.9. The molecule has 0 saturated heterocycles. The van der Waals surface area contributed by atoms with Crippen molar-refractivity contribution < 1.29 is 9.18 Å². The van der Waals surface area contributed by atoms with E-state index in [1.54, 1.807) is 6.07 Å². The molecular formula is C16H12BrFN2O. The number of fused-ring (bicyclic) bond motifs is 1. The summed E-state index contributed by atoms with van der Waals surface area (Å²) < 4.78 is 16.3. The molecule has 0 radical (unpaired) electrons. The van der Waals surface area contributed by atoms with Crippen molar-refractivity contribution in [2.75, 3.05) is 0 Å². The molecular weight excluding hydrogens is 335 g/mol. The minimum absolute atomic E-state index is 0.0731. The van der Waals surface area contributed by atoms with Crippen molar-refractivity contribution in [1.82, 2.24) is 9.55 Å². The second kappa shape index (κ2) is 5.41. The van der Waals surface area contributed by atoms with Crippen LogP contribution in [0.15, 0.2) is 46.9 Å². The molecule has 3 aromatic rings. The summed E-state index contributed by atoms with van der Waals surface area (Å²) in [4.78, 5) is 16.7. The van der Waals surface area contributed by atoms with Gasteiger partial charge in [-0.25, -0.2) is 9.37 Å². The van der Waals surface area contributed by atoms with Gasteiger partial charge in [0.1, 0.15) is 11.6 Å². The van der Waals surface area contributed by atoms with E-state index in [1.807, 2.05) is 35.9 Å². The largest absolute Gasteiger partial charge is 0.331 e. The number of nitrogens with zero attached hydrogens (tertiary/aromatic N) is 2. The third-order valence-electron chi connectivity index (χ3n) is 3.43. The fraction of sp³-hybridized carbons (Fsp3) is 0.125. The predicted molar refractivity (Wildman–Crippen MR) is 82.8 cm³/mol. The van der Waals surface area contributed by atoms with Gasteiger partial charge in [-0.15, -0.1) is 0 Å². The van der Waals surface area contributed by atoms with E-state index in [2.05, 4.69) is 20.9 Å². The number of halogens is 2. The van der Waals surface area contributed by atoms with Crippen molar-refractivity contribution in [1.29, 1.82) is 0 Å². The fourth-order valence-electron chi connectivity index (χ4n) is 2.31. The highest BCUT2D eigenvalue weighted by atomic mass is 79.9. The molecule has 1 heterocycles. The summed E-state index contributed by atoms with van der Waals surface area (Å²) in [5, 5.41) is 0. The third-order valence-corrected chi connectivity index (χ3v) is 3.92. The highest BCUT2D eigenvalue weighted by Crippen LogP contribution is 2.19. The minimum atomic E-state index is -0.520. The Bertz CT molecular complexity index is 841. The standard InChI is InChI=1S/C16H12BrFN2O/c1-20-14-5-3-2-4-13(14)19-16(20)9-15(21)11-7-6-10(17)8-12(11)18/h2-8H,9H2,1H3. The topological polar surface area (TPSA) is 34.9 Å². The van der Waals surface area contributed by atoms with Gasteiger partial charge in [0.05, 0.1) is 23.0 Å². The lowest BCUT2D eigenvalue weighted by Crippen LogP contribution is -2.10. The van der Waals surface area contributed by atoms with Crippen molar-refractivity contribution in [3.05, 3.63) is 64.1 Å². The molecule has 0 saturated carbocycles. The lowest BCUT2D eigenvalue weighted by molar-refractivity contribution is 0.0986. The Kier molecular flexibility index (Phi) is 3.59. The number of rotatable bonds is 3. The van der Waals surface area contributed by atoms with E-state index in [1.165, 1.54) is 12.1 Å². The molecule has 0 bridgehead atoms. The molecule has 1 aromatic heterocycles. The number of hydrogen-bond acceptors (Lipinski definition) is 2. The second-order valence-corrected chi connectivity index (χ2v) is 5.72. The zero-order valence-electron chi connectivity index (χ0n) is 11.3. The SMILES string of the molecule is Cn1c(CC(=O)c2ccc(Br)cc2F)nc2ccccc21. The monoisotopic (exact) mass is 346 g/mol. The molecule has 21 heavy (non-hydrogen) atoms. The van der Waals surface area contributed by atoms with Crippen LogP contribution in [0, 0.1) is 5.82 Å². The van der Waals surface area contributed by atoms with Gasteiger partial charge in [-0.3, -0.25) is 4.79 Å². The van der Waals surface area contributed by atoms with E-state index in [-0.39, 0.29) is 17.8 Å². The van der Waals surface area contributed by atoms with Crippen molar-refractivity contribution in [2.24, 2.45) is 7.05 Å². The van der Waals surface area contributed by atoms with Crippen molar-refractivity contribution >= 4 is 32.7 Å². The van der Waals surface area contributed by atoms with Crippen LogP contribution in [0.2, 0.25) is 0 Å². The van der Waals surface area contributed by atoms with E-state index in [4.69, 9.17) is 0 Å². The van der Waals surface area contributed by atoms with Crippen LogP contribution >= 0.6 is 15.9 Å². The van der Waals surface area contributed by atoms with Gasteiger partial charge in [-0.1, -0.05) is 28.1 Å². The molecule has 5 heteroatoms. The molecule has 3 rings (SSSR count). The molecule has 0 unspecified atom stereocenters. The van der Waals surface area contributed by atoms with Crippen molar-refractivity contribution in [3.8, 4) is 0 Å². The second-order valence-electron chi connectivity index (χ2n) is 4.80. The molecule has 0 aliphatic carbocycles. The Labute approximate surface area is 129 Å². The zero-order chi connectivity index (χ0) is 15.0. The number of carbonyl (C=O) groups excluding carboxylic acids is 1. The van der Waals surface area contributed by atoms with Crippen molar-refractivity contribution in [2.45, 2.75) is 6.42 Å². The number of hydrogen-bond donors (Lipinski definition) is 0. The molecule has 2 aromatic carbocycles. The number of para-hydroxylation sites is 2. The van der Waals surface area contributed by atoms with E-state index in [0.29, 0.717) is 10.3 Å². The summed E-state index contributed by atoms with van der Waals surface area (Å²) in [6.45, 7) is 0. The Morgan fingerprint density at radius 2 is 2.05 bits per heavy atom. The minimum Gasteiger partial charge on any atom is -0.331 e. The summed E-state index contributed by atoms with van der Waals surface area (Å²) in [6.07, 6.45) is 0.0731. The van der Waals surface area contributed by atoms with Gasteiger partial charge in [0.25, 0.3) is 0 Å². The lowest BCUT2D eigenvalue weighted by Gasteiger charge is -2.04. The predicted octanol–water partition coefficient (Wildman–Crippen LogP) is 3.90. The van der Waals surface area contributed by atoms with Gasteiger partial charge < -0.3 is 4.57 Å². The van der Waals surface area contributed by atoms with Crippen molar-refractivity contribution in [3.63, 3.8) is 0 Å². The molecule has 0 aliphatic rings. The van der Waals surface area contributed by atoms with Crippen LogP contribution in [0.3, 0.4) is 0 Å². The van der Waals surface area contributed by atoms with Gasteiger partial charge >= 0.3 is 0 Å². The van der Waals surface area contributed by atoms with Crippen LogP contribution in [-0.4, -0.2) is 15.3 Å². The molecule has 0 N–H and O–H groups in total. The highest BCUT2D eigenvalue weighted by molar-refractivity contribution is 9.10. The van der Waals surface area contributed by atoms with E-state index in [0.717, 1.165) is 11.0 Å². The first-order chi connectivity index (χ1) is 10.1. The van der Waals surface area contributed by atoms with E-state index < -0.39 is 5.82 Å². The maximum atomic E-state index is 13.8. The summed E-state index contributed by atoms with van der Waals surface area (Å²) in [5.41, 5.74) is 1.88. The first-order valence-corrected chi connectivity index (χ1v) is 7.24. The average Bonchev–Trinajstić information content (AvgIpc) is 2.76. The highest BCUT2D eigenvalue weighted by Gasteiger charge is 2.16. The third kappa shape index (κ3) is 2.61. The van der Waals surface area contributed by atoms with Crippen LogP contribution in [0.25, 0.3) is 11.0 Å².